The summed E-state index contributed by atoms with van der Waals surface area (Å²) in [5.74, 6) is 0.176. The third kappa shape index (κ3) is 9.95. The minimum Gasteiger partial charge on any atom is -0.508 e. The lowest BCUT2D eigenvalue weighted by Gasteiger charge is -2.27. The Kier molecular flexibility index (Phi) is 10.2. The number of aryl methyl sites for hydroxylation is 1. The molecule has 0 heterocycles. The van der Waals surface area contributed by atoms with E-state index in [9.17, 15) is 23.7 Å². The highest BCUT2D eigenvalue weighted by molar-refractivity contribution is 7.86. The molecule has 0 aliphatic rings. The largest absolute Gasteiger partial charge is 0.508 e. The van der Waals surface area contributed by atoms with Gasteiger partial charge in [0.15, 0.2) is 0 Å². The molecular formula is C30H46O6S. The average Bonchev–Trinajstić information content (AvgIpc) is 2.68. The van der Waals surface area contributed by atoms with Crippen molar-refractivity contribution in [1.29, 1.82) is 0 Å². The molecule has 0 amide bonds. The highest BCUT2D eigenvalue weighted by Crippen LogP contribution is 2.36. The zero-order valence-electron chi connectivity index (χ0n) is 23.8. The van der Waals surface area contributed by atoms with Crippen LogP contribution in [0.4, 0.5) is 0 Å². The zero-order chi connectivity index (χ0) is 28.2. The van der Waals surface area contributed by atoms with Gasteiger partial charge < -0.3 is 15.3 Å². The van der Waals surface area contributed by atoms with Gasteiger partial charge in [-0.15, -0.1) is 0 Å². The van der Waals surface area contributed by atoms with Crippen molar-refractivity contribution in [3.8, 4) is 11.5 Å². The lowest BCUT2D eigenvalue weighted by atomic mass is 9.79. The monoisotopic (exact) mass is 534 g/mol. The Morgan fingerprint density at radius 2 is 1.54 bits per heavy atom. The molecule has 6 nitrogen and oxygen atoms in total. The molecule has 0 aromatic heterocycles. The van der Waals surface area contributed by atoms with E-state index in [-0.39, 0.29) is 39.7 Å². The summed E-state index contributed by atoms with van der Waals surface area (Å²) in [5.41, 5.74) is 2.50. The first-order valence-electron chi connectivity index (χ1n) is 13.1. The molecule has 2 aromatic rings. The summed E-state index contributed by atoms with van der Waals surface area (Å²) in [4.78, 5) is 0.188. The van der Waals surface area contributed by atoms with Gasteiger partial charge in [-0.25, -0.2) is 0 Å². The number of aliphatic hydroxyl groups is 1. The van der Waals surface area contributed by atoms with Crippen LogP contribution in [0.2, 0.25) is 0 Å². The summed E-state index contributed by atoms with van der Waals surface area (Å²) in [5, 5.41) is 30.9. The average molecular weight is 535 g/mol. The number of benzene rings is 2. The van der Waals surface area contributed by atoms with Gasteiger partial charge in [0.1, 0.15) is 11.5 Å². The van der Waals surface area contributed by atoms with E-state index in [2.05, 4.69) is 0 Å². The molecule has 0 radical (unpaired) electrons. The van der Waals surface area contributed by atoms with E-state index >= 15 is 0 Å². The predicted molar refractivity (Wildman–Crippen MR) is 149 cm³/mol. The number of aliphatic hydroxyl groups excluding tert-OH is 1. The van der Waals surface area contributed by atoms with Crippen LogP contribution in [0.1, 0.15) is 83.6 Å². The molecule has 37 heavy (non-hydrogen) atoms. The summed E-state index contributed by atoms with van der Waals surface area (Å²) < 4.78 is 31.5. The summed E-state index contributed by atoms with van der Waals surface area (Å²) in [6.45, 7) is 16.0. The molecule has 7 heteroatoms. The van der Waals surface area contributed by atoms with Crippen molar-refractivity contribution in [2.45, 2.75) is 98.5 Å². The minimum atomic E-state index is -3.91. The van der Waals surface area contributed by atoms with Crippen molar-refractivity contribution in [1.82, 2.24) is 0 Å². The molecule has 208 valence electrons. The lowest BCUT2D eigenvalue weighted by molar-refractivity contribution is 0.163. The van der Waals surface area contributed by atoms with E-state index in [1.807, 2.05) is 54.5 Å². The Bertz CT molecular complexity index is 1140. The Balaban J connectivity index is 2.25. The highest BCUT2D eigenvalue weighted by Gasteiger charge is 2.27. The Hall–Kier alpha value is -2.09. The topological polar surface area (TPSA) is 104 Å². The van der Waals surface area contributed by atoms with Crippen LogP contribution in [0.5, 0.6) is 11.5 Å². The van der Waals surface area contributed by atoms with Crippen LogP contribution < -0.4 is 0 Å². The van der Waals surface area contributed by atoms with Gasteiger partial charge in [-0.2, -0.15) is 8.42 Å². The maximum absolute atomic E-state index is 13.1. The van der Waals surface area contributed by atoms with E-state index in [1.54, 1.807) is 31.2 Å². The van der Waals surface area contributed by atoms with E-state index in [1.165, 1.54) is 0 Å². The highest BCUT2D eigenvalue weighted by atomic mass is 32.2. The molecule has 0 aliphatic carbocycles. The van der Waals surface area contributed by atoms with Gasteiger partial charge in [-0.05, 0) is 92.0 Å². The van der Waals surface area contributed by atoms with Gasteiger partial charge in [-0.3, -0.25) is 4.18 Å². The predicted octanol–water partition coefficient (Wildman–Crippen LogP) is 6.31. The number of rotatable bonds is 12. The van der Waals surface area contributed by atoms with Crippen LogP contribution in [-0.2, 0) is 33.6 Å². The van der Waals surface area contributed by atoms with Crippen LogP contribution in [-0.4, -0.2) is 36.4 Å². The molecule has 0 saturated carbocycles. The van der Waals surface area contributed by atoms with Crippen molar-refractivity contribution in [3.05, 3.63) is 52.6 Å². The summed E-state index contributed by atoms with van der Waals surface area (Å²) >= 11 is 0. The molecule has 0 bridgehead atoms. The van der Waals surface area contributed by atoms with Gasteiger partial charge >= 0.3 is 0 Å². The fraction of sp³-hybridized carbons (Fsp3) is 0.600. The van der Waals surface area contributed by atoms with Gasteiger partial charge in [-0.1, -0.05) is 59.2 Å². The number of phenolic OH excluding ortho intramolecular Hbond substituents is 2. The van der Waals surface area contributed by atoms with Crippen LogP contribution in [0.3, 0.4) is 0 Å². The van der Waals surface area contributed by atoms with E-state index in [0.29, 0.717) is 43.2 Å². The molecule has 2 atom stereocenters. The second kappa shape index (κ2) is 12.2. The van der Waals surface area contributed by atoms with Crippen LogP contribution in [0.15, 0.2) is 35.2 Å². The second-order valence-corrected chi connectivity index (χ2v) is 14.3. The number of aromatic hydroxyl groups is 2. The third-order valence-electron chi connectivity index (χ3n) is 6.49. The fourth-order valence-corrected chi connectivity index (χ4v) is 5.88. The van der Waals surface area contributed by atoms with Crippen molar-refractivity contribution in [2.24, 2.45) is 16.7 Å². The fourth-order valence-electron chi connectivity index (χ4n) is 4.77. The lowest BCUT2D eigenvalue weighted by Crippen LogP contribution is -2.21. The zero-order valence-corrected chi connectivity index (χ0v) is 24.6. The second-order valence-electron chi connectivity index (χ2n) is 12.7. The standard InChI is InChI=1S/C30H46O6S/c1-20-9-10-28(37(34,35)36-12-11-29(4,5)6)24(14-20)19-30(7,8)18-23-16-26(32)25(27(33)17-23)15-21(2)13-22(3)31/h9-10,14,16-17,21-22,31-33H,11-13,15,18-19H2,1-8H3. The SMILES string of the molecule is Cc1ccc(S(=O)(=O)OCCC(C)(C)C)c(CC(C)(C)Cc2cc(O)c(CC(C)CC(C)O)c(O)c2)c1. The number of hydrogen-bond donors (Lipinski definition) is 3. The molecule has 3 N–H and O–H groups in total. The molecule has 0 fully saturated rings. The first-order chi connectivity index (χ1) is 16.9. The summed E-state index contributed by atoms with van der Waals surface area (Å²) in [6.07, 6.45) is 2.22. The minimum absolute atomic E-state index is 0.0322. The number of phenols is 2. The van der Waals surface area contributed by atoms with Crippen molar-refractivity contribution >= 4 is 10.1 Å². The molecule has 2 rings (SSSR count). The van der Waals surface area contributed by atoms with Crippen molar-refractivity contribution in [2.75, 3.05) is 6.61 Å². The van der Waals surface area contributed by atoms with Gasteiger partial charge in [0, 0.05) is 5.56 Å². The molecule has 2 unspecified atom stereocenters. The Morgan fingerprint density at radius 3 is 2.08 bits per heavy atom. The molecular weight excluding hydrogens is 488 g/mol. The molecule has 2 aromatic carbocycles. The third-order valence-corrected chi connectivity index (χ3v) is 7.90. The van der Waals surface area contributed by atoms with Gasteiger partial charge in [0.2, 0.25) is 0 Å². The molecule has 0 saturated heterocycles. The van der Waals surface area contributed by atoms with Gasteiger partial charge in [0.25, 0.3) is 10.1 Å². The molecule has 0 aliphatic heterocycles. The van der Waals surface area contributed by atoms with Crippen molar-refractivity contribution in [3.63, 3.8) is 0 Å². The van der Waals surface area contributed by atoms with Crippen LogP contribution in [0, 0.1) is 23.7 Å². The van der Waals surface area contributed by atoms with Crippen LogP contribution in [0.25, 0.3) is 0 Å². The quantitative estimate of drug-likeness (QED) is 0.276. The Labute approximate surface area is 223 Å². The number of hydrogen-bond acceptors (Lipinski definition) is 6. The maximum atomic E-state index is 13.1. The van der Waals surface area contributed by atoms with E-state index in [4.69, 9.17) is 4.18 Å². The van der Waals surface area contributed by atoms with Gasteiger partial charge in [0.05, 0.1) is 17.6 Å². The van der Waals surface area contributed by atoms with E-state index < -0.39 is 16.2 Å². The normalized spacial score (nSPS) is 14.5. The molecule has 0 spiro atoms. The van der Waals surface area contributed by atoms with Crippen LogP contribution >= 0.6 is 0 Å². The first-order valence-corrected chi connectivity index (χ1v) is 14.5. The first kappa shape index (κ1) is 31.1. The smallest absolute Gasteiger partial charge is 0.297 e. The maximum Gasteiger partial charge on any atom is 0.297 e. The Morgan fingerprint density at radius 1 is 0.946 bits per heavy atom. The summed E-state index contributed by atoms with van der Waals surface area (Å²) in [7, 11) is -3.91. The van der Waals surface area contributed by atoms with E-state index in [0.717, 1.165) is 11.1 Å². The van der Waals surface area contributed by atoms with Crippen molar-refractivity contribution < 1.29 is 27.9 Å². The summed E-state index contributed by atoms with van der Waals surface area (Å²) in [6, 6.07) is 8.64.